The van der Waals surface area contributed by atoms with E-state index in [9.17, 15) is 32.7 Å². The zero-order chi connectivity index (χ0) is 35.8. The number of hydrogen-bond acceptors (Lipinski definition) is 8. The molecule has 1 heterocycles. The van der Waals surface area contributed by atoms with E-state index >= 15 is 0 Å². The van der Waals surface area contributed by atoms with E-state index in [4.69, 9.17) is 30.5 Å². The number of amides is 1. The number of amidine groups is 1. The third-order valence-corrected chi connectivity index (χ3v) is 6.72. The number of para-hydroxylation sites is 1. The molecule has 0 saturated carbocycles. The number of ether oxygens (including phenoxy) is 2. The lowest BCUT2D eigenvalue weighted by atomic mass is 9.90. The predicted octanol–water partition coefficient (Wildman–Crippen LogP) is 3.03. The summed E-state index contributed by atoms with van der Waals surface area (Å²) >= 11 is 0. The lowest BCUT2D eigenvalue weighted by molar-refractivity contribution is -0.192. The number of likely N-dealkylation sites (N-methyl/N-ethyl adjacent to an activating group) is 1. The number of nitrogen functional groups attached to an aromatic ring is 1. The van der Waals surface area contributed by atoms with Crippen LogP contribution in [0, 0.1) is 5.41 Å². The molecular formula is C31H31F3N6O8. The molecule has 1 amide bonds. The van der Waals surface area contributed by atoms with Crippen LogP contribution in [-0.2, 0) is 16.0 Å². The summed E-state index contributed by atoms with van der Waals surface area (Å²) in [5.41, 5.74) is 7.23. The molecule has 48 heavy (non-hydrogen) atoms. The SMILES string of the molecule is COc1cc(C(Cc2ccc(C(=N)N)cc2)c2nn(-c3ccccc3C(=O)O)c(=O)[nH]2)ccc1OCC(=O)N(C)C.O=C(O)C(F)(F)F. The summed E-state index contributed by atoms with van der Waals surface area (Å²) in [6, 6.07) is 18.4. The maximum Gasteiger partial charge on any atom is 0.490 e. The van der Waals surface area contributed by atoms with Gasteiger partial charge < -0.3 is 30.3 Å². The number of hydrogen-bond donors (Lipinski definition) is 5. The van der Waals surface area contributed by atoms with Crippen LogP contribution in [0.1, 0.15) is 38.8 Å². The highest BCUT2D eigenvalue weighted by atomic mass is 19.4. The predicted molar refractivity (Wildman–Crippen MR) is 165 cm³/mol. The van der Waals surface area contributed by atoms with E-state index in [2.05, 4.69) is 10.1 Å². The fourth-order valence-electron chi connectivity index (χ4n) is 4.22. The number of rotatable bonds is 11. The Hall–Kier alpha value is -6.13. The van der Waals surface area contributed by atoms with Crippen LogP contribution in [-0.4, -0.2) is 87.5 Å². The molecule has 0 aliphatic rings. The molecule has 1 unspecified atom stereocenters. The third kappa shape index (κ3) is 9.21. The van der Waals surface area contributed by atoms with Gasteiger partial charge in [-0.25, -0.2) is 14.4 Å². The second-order valence-electron chi connectivity index (χ2n) is 10.2. The van der Waals surface area contributed by atoms with Crippen molar-refractivity contribution < 1.29 is 47.2 Å². The number of methoxy groups -OCH3 is 1. The molecule has 254 valence electrons. The summed E-state index contributed by atoms with van der Waals surface area (Å²) in [4.78, 5) is 50.0. The summed E-state index contributed by atoms with van der Waals surface area (Å²) in [5.74, 6) is -3.68. The number of carboxylic acid groups (broad SMARTS) is 2. The van der Waals surface area contributed by atoms with E-state index in [0.717, 1.165) is 15.8 Å². The van der Waals surface area contributed by atoms with Crippen LogP contribution in [0.2, 0.25) is 0 Å². The number of aromatic amines is 1. The van der Waals surface area contributed by atoms with Crippen LogP contribution in [0.5, 0.6) is 11.5 Å². The van der Waals surface area contributed by atoms with Crippen LogP contribution in [0.25, 0.3) is 5.69 Å². The standard InChI is InChI=1S/C29H30N6O6.C2HF3O2/c1-34(2)25(36)16-41-23-13-12-19(15-24(23)40-3)21(14-17-8-10-18(11-9-17)26(30)31)27-32-29(39)35(33-27)22-7-5-4-6-20(22)28(37)38;3-2(4,5)1(6)7/h4-13,15,21H,14,16H2,1-3H3,(H3,30,31)(H,37,38)(H,32,33,39);(H,6,7). The highest BCUT2D eigenvalue weighted by Gasteiger charge is 2.38. The Labute approximate surface area is 270 Å². The van der Waals surface area contributed by atoms with Gasteiger partial charge in [0.05, 0.1) is 18.4 Å². The molecule has 0 radical (unpaired) electrons. The molecule has 3 aromatic carbocycles. The number of H-pyrrole nitrogens is 1. The molecule has 6 N–H and O–H groups in total. The molecule has 1 aromatic heterocycles. The molecule has 0 aliphatic carbocycles. The summed E-state index contributed by atoms with van der Waals surface area (Å²) < 4.78 is 44.0. The normalized spacial score (nSPS) is 11.5. The maximum absolute atomic E-state index is 13.0. The van der Waals surface area contributed by atoms with Crippen LogP contribution in [0.4, 0.5) is 13.2 Å². The number of nitrogens with one attached hydrogen (secondary N) is 2. The van der Waals surface area contributed by atoms with Gasteiger partial charge in [-0.2, -0.15) is 17.9 Å². The van der Waals surface area contributed by atoms with Crippen molar-refractivity contribution in [2.24, 2.45) is 5.73 Å². The number of carbonyl (C=O) groups excluding carboxylic acids is 1. The minimum atomic E-state index is -5.08. The minimum Gasteiger partial charge on any atom is -0.493 e. The number of aliphatic carboxylic acids is 1. The Bertz CT molecular complexity index is 1850. The van der Waals surface area contributed by atoms with Crippen molar-refractivity contribution in [2.45, 2.75) is 18.5 Å². The molecule has 0 saturated heterocycles. The molecule has 0 spiro atoms. The van der Waals surface area contributed by atoms with Crippen molar-refractivity contribution in [3.8, 4) is 17.2 Å². The fraction of sp³-hybridized carbons (Fsp3) is 0.226. The van der Waals surface area contributed by atoms with E-state index in [1.54, 1.807) is 56.6 Å². The van der Waals surface area contributed by atoms with Crippen molar-refractivity contribution in [3.05, 3.63) is 105 Å². The average molecular weight is 673 g/mol. The van der Waals surface area contributed by atoms with Gasteiger partial charge in [0.1, 0.15) is 11.7 Å². The van der Waals surface area contributed by atoms with Gasteiger partial charge in [0.15, 0.2) is 18.1 Å². The smallest absolute Gasteiger partial charge is 0.490 e. The second-order valence-corrected chi connectivity index (χ2v) is 10.2. The van der Waals surface area contributed by atoms with Gasteiger partial charge in [-0.3, -0.25) is 15.2 Å². The monoisotopic (exact) mass is 672 g/mol. The van der Waals surface area contributed by atoms with E-state index in [1.165, 1.54) is 24.1 Å². The van der Waals surface area contributed by atoms with Gasteiger partial charge in [0.25, 0.3) is 5.91 Å². The van der Waals surface area contributed by atoms with Gasteiger partial charge >= 0.3 is 23.8 Å². The fourth-order valence-corrected chi connectivity index (χ4v) is 4.22. The first kappa shape index (κ1) is 36.3. The van der Waals surface area contributed by atoms with Crippen LogP contribution in [0.15, 0.2) is 71.5 Å². The Morgan fingerprint density at radius 1 is 1.04 bits per heavy atom. The number of nitrogens with two attached hydrogens (primary N) is 1. The Balaban J connectivity index is 0.000000804. The Kier molecular flexibility index (Phi) is 11.7. The summed E-state index contributed by atoms with van der Waals surface area (Å²) in [5, 5.41) is 28.9. The van der Waals surface area contributed by atoms with Crippen LogP contribution >= 0.6 is 0 Å². The first-order valence-corrected chi connectivity index (χ1v) is 13.8. The van der Waals surface area contributed by atoms with Crippen molar-refractivity contribution in [2.75, 3.05) is 27.8 Å². The molecule has 14 nitrogen and oxygen atoms in total. The molecule has 17 heteroatoms. The average Bonchev–Trinajstić information content (AvgIpc) is 3.43. The molecule has 4 rings (SSSR count). The highest BCUT2D eigenvalue weighted by molar-refractivity contribution is 5.95. The van der Waals surface area contributed by atoms with Gasteiger partial charge in [-0.05, 0) is 41.8 Å². The van der Waals surface area contributed by atoms with Crippen molar-refractivity contribution >= 4 is 23.7 Å². The number of aromatic carboxylic acids is 1. The molecule has 0 aliphatic heterocycles. The number of alkyl halides is 3. The first-order chi connectivity index (χ1) is 22.5. The summed E-state index contributed by atoms with van der Waals surface area (Å²) in [7, 11) is 4.75. The number of benzene rings is 3. The number of carboxylic acids is 2. The Morgan fingerprint density at radius 2 is 1.67 bits per heavy atom. The summed E-state index contributed by atoms with van der Waals surface area (Å²) in [6.45, 7) is -0.171. The van der Waals surface area contributed by atoms with Crippen molar-refractivity contribution in [1.29, 1.82) is 5.41 Å². The second kappa shape index (κ2) is 15.4. The van der Waals surface area contributed by atoms with Crippen molar-refractivity contribution in [3.63, 3.8) is 0 Å². The number of aromatic nitrogens is 3. The zero-order valence-corrected chi connectivity index (χ0v) is 25.7. The number of carbonyl (C=O) groups is 3. The lowest BCUT2D eigenvalue weighted by Gasteiger charge is -2.18. The quantitative estimate of drug-likeness (QED) is 0.116. The maximum atomic E-state index is 13.0. The largest absolute Gasteiger partial charge is 0.493 e. The Morgan fingerprint density at radius 3 is 2.21 bits per heavy atom. The van der Waals surface area contributed by atoms with Crippen molar-refractivity contribution in [1.82, 2.24) is 19.7 Å². The van der Waals surface area contributed by atoms with Gasteiger partial charge in [0.2, 0.25) is 0 Å². The van der Waals surface area contributed by atoms with Gasteiger partial charge in [-0.1, -0.05) is 42.5 Å². The van der Waals surface area contributed by atoms with Crippen LogP contribution < -0.4 is 20.9 Å². The minimum absolute atomic E-state index is 0.0543. The van der Waals surface area contributed by atoms with E-state index in [1.807, 2.05) is 12.1 Å². The first-order valence-electron chi connectivity index (χ1n) is 13.8. The molecule has 0 bridgehead atoms. The third-order valence-electron chi connectivity index (χ3n) is 6.72. The number of halogens is 3. The highest BCUT2D eigenvalue weighted by Crippen LogP contribution is 2.34. The lowest BCUT2D eigenvalue weighted by Crippen LogP contribution is -2.27. The topological polar surface area (TPSA) is 214 Å². The number of nitrogens with zero attached hydrogens (tertiary/aromatic N) is 3. The van der Waals surface area contributed by atoms with Crippen LogP contribution in [0.3, 0.4) is 0 Å². The van der Waals surface area contributed by atoms with E-state index < -0.39 is 29.7 Å². The van der Waals surface area contributed by atoms with E-state index in [-0.39, 0.29) is 29.6 Å². The summed E-state index contributed by atoms with van der Waals surface area (Å²) in [6.07, 6.45) is -4.70. The van der Waals surface area contributed by atoms with E-state index in [0.29, 0.717) is 29.3 Å². The molecular weight excluding hydrogens is 641 g/mol. The van der Waals surface area contributed by atoms with Gasteiger partial charge in [0, 0.05) is 25.6 Å². The molecule has 1 atom stereocenters. The molecule has 0 fully saturated rings. The van der Waals surface area contributed by atoms with Gasteiger partial charge in [-0.15, -0.1) is 5.10 Å². The molecule has 4 aromatic rings. The zero-order valence-electron chi connectivity index (χ0n) is 25.7.